The van der Waals surface area contributed by atoms with Gasteiger partial charge in [0.15, 0.2) is 0 Å². The predicted molar refractivity (Wildman–Crippen MR) is 122 cm³/mol. The molecule has 0 fully saturated rings. The van der Waals surface area contributed by atoms with Crippen LogP contribution < -0.4 is 5.32 Å². The predicted octanol–water partition coefficient (Wildman–Crippen LogP) is 7.59. The molecular weight excluding hydrogens is 370 g/mol. The van der Waals surface area contributed by atoms with Gasteiger partial charge in [-0.15, -0.1) is 11.6 Å². The van der Waals surface area contributed by atoms with Crippen molar-refractivity contribution in [2.24, 2.45) is 0 Å². The number of hydrogen-bond donors (Lipinski definition) is 1. The van der Waals surface area contributed by atoms with Crippen molar-refractivity contribution in [3.8, 4) is 0 Å². The minimum absolute atomic E-state index is 0.287. The van der Waals surface area contributed by atoms with Gasteiger partial charge in [0.2, 0.25) is 0 Å². The molecule has 0 unspecified atom stereocenters. The van der Waals surface area contributed by atoms with Gasteiger partial charge >= 0.3 is 5.97 Å². The van der Waals surface area contributed by atoms with E-state index in [1.807, 2.05) is 12.1 Å². The van der Waals surface area contributed by atoms with Crippen molar-refractivity contribution in [1.29, 1.82) is 0 Å². The Labute approximate surface area is 177 Å². The fourth-order valence-electron chi connectivity index (χ4n) is 3.42. The van der Waals surface area contributed by atoms with Gasteiger partial charge in [0.1, 0.15) is 0 Å². The number of esters is 1. The van der Waals surface area contributed by atoms with Crippen LogP contribution in [0.15, 0.2) is 24.3 Å². The molecule has 0 saturated heterocycles. The molecule has 1 aromatic rings. The van der Waals surface area contributed by atoms with Gasteiger partial charge in [-0.2, -0.15) is 0 Å². The van der Waals surface area contributed by atoms with Crippen molar-refractivity contribution in [3.63, 3.8) is 0 Å². The number of ether oxygens (including phenoxy) is 1. The van der Waals surface area contributed by atoms with Gasteiger partial charge in [0, 0.05) is 18.1 Å². The highest BCUT2D eigenvalue weighted by Gasteiger charge is 2.03. The number of nitrogens with one attached hydrogen (secondary N) is 1. The summed E-state index contributed by atoms with van der Waals surface area (Å²) >= 11 is 5.69. The standard InChI is InChI=1S/C24H40ClNO2/c1-28-24(27)22-16-18-23(19-17-22)26-21-15-13-11-9-7-5-3-2-4-6-8-10-12-14-20-25/h16-19,26H,2-15,20-21H2,1H3. The van der Waals surface area contributed by atoms with E-state index >= 15 is 0 Å². The number of benzene rings is 1. The van der Waals surface area contributed by atoms with E-state index < -0.39 is 0 Å². The van der Waals surface area contributed by atoms with Crippen LogP contribution in [-0.2, 0) is 4.74 Å². The quantitative estimate of drug-likeness (QED) is 0.154. The molecule has 1 N–H and O–H groups in total. The lowest BCUT2D eigenvalue weighted by atomic mass is 10.0. The van der Waals surface area contributed by atoms with Crippen LogP contribution in [0, 0.1) is 0 Å². The average molecular weight is 410 g/mol. The van der Waals surface area contributed by atoms with Gasteiger partial charge in [0.05, 0.1) is 12.7 Å². The first-order valence-electron chi connectivity index (χ1n) is 11.3. The highest BCUT2D eigenvalue weighted by atomic mass is 35.5. The zero-order chi connectivity index (χ0) is 20.3. The minimum Gasteiger partial charge on any atom is -0.465 e. The number of hydrogen-bond acceptors (Lipinski definition) is 3. The number of halogens is 1. The second-order valence-electron chi connectivity index (χ2n) is 7.63. The summed E-state index contributed by atoms with van der Waals surface area (Å²) in [5, 5.41) is 3.42. The molecule has 28 heavy (non-hydrogen) atoms. The summed E-state index contributed by atoms with van der Waals surface area (Å²) in [6, 6.07) is 7.48. The molecule has 1 rings (SSSR count). The van der Waals surface area contributed by atoms with Crippen LogP contribution in [0.2, 0.25) is 0 Å². The molecule has 3 nitrogen and oxygen atoms in total. The lowest BCUT2D eigenvalue weighted by Gasteiger charge is -2.07. The summed E-state index contributed by atoms with van der Waals surface area (Å²) in [4.78, 5) is 11.4. The number of anilines is 1. The van der Waals surface area contributed by atoms with E-state index in [9.17, 15) is 4.79 Å². The van der Waals surface area contributed by atoms with E-state index in [4.69, 9.17) is 16.3 Å². The molecule has 0 atom stereocenters. The molecule has 0 amide bonds. The summed E-state index contributed by atoms with van der Waals surface area (Å²) in [5.74, 6) is 0.535. The van der Waals surface area contributed by atoms with Gasteiger partial charge < -0.3 is 10.1 Å². The normalized spacial score (nSPS) is 10.8. The van der Waals surface area contributed by atoms with Gasteiger partial charge in [0.25, 0.3) is 0 Å². The van der Waals surface area contributed by atoms with E-state index in [1.54, 1.807) is 12.1 Å². The molecule has 0 aliphatic heterocycles. The molecule has 4 heteroatoms. The summed E-state index contributed by atoms with van der Waals surface area (Å²) in [6.07, 6.45) is 18.8. The Kier molecular flexibility index (Phi) is 15.8. The van der Waals surface area contributed by atoms with Gasteiger partial charge in [-0.25, -0.2) is 4.79 Å². The fraction of sp³-hybridized carbons (Fsp3) is 0.708. The van der Waals surface area contributed by atoms with Crippen molar-refractivity contribution in [2.75, 3.05) is 24.9 Å². The maximum Gasteiger partial charge on any atom is 0.337 e. The molecule has 0 saturated carbocycles. The molecule has 160 valence electrons. The molecule has 0 aliphatic carbocycles. The van der Waals surface area contributed by atoms with E-state index in [0.717, 1.165) is 18.1 Å². The first kappa shape index (κ1) is 24.8. The van der Waals surface area contributed by atoms with Crippen LogP contribution in [0.3, 0.4) is 0 Å². The largest absolute Gasteiger partial charge is 0.465 e. The lowest BCUT2D eigenvalue weighted by molar-refractivity contribution is 0.0601. The first-order valence-corrected chi connectivity index (χ1v) is 11.8. The molecule has 0 aliphatic rings. The maximum atomic E-state index is 11.4. The highest BCUT2D eigenvalue weighted by molar-refractivity contribution is 6.17. The zero-order valence-electron chi connectivity index (χ0n) is 17.8. The van der Waals surface area contributed by atoms with E-state index in [1.165, 1.54) is 97.0 Å². The van der Waals surface area contributed by atoms with E-state index in [0.29, 0.717) is 5.56 Å². The minimum atomic E-state index is -0.287. The third kappa shape index (κ3) is 13.0. The lowest BCUT2D eigenvalue weighted by Crippen LogP contribution is -2.03. The maximum absolute atomic E-state index is 11.4. The van der Waals surface area contributed by atoms with Crippen LogP contribution in [-0.4, -0.2) is 25.5 Å². The van der Waals surface area contributed by atoms with Gasteiger partial charge in [-0.05, 0) is 37.1 Å². The summed E-state index contributed by atoms with van der Waals surface area (Å²) in [6.45, 7) is 0.989. The smallest absolute Gasteiger partial charge is 0.337 e. The number of rotatable bonds is 18. The summed E-state index contributed by atoms with van der Waals surface area (Å²) in [5.41, 5.74) is 1.65. The second-order valence-corrected chi connectivity index (χ2v) is 8.01. The third-order valence-corrected chi connectivity index (χ3v) is 5.46. The Hall–Kier alpha value is -1.22. The molecule has 0 radical (unpaired) electrons. The molecule has 0 spiro atoms. The van der Waals surface area contributed by atoms with Crippen molar-refractivity contribution >= 4 is 23.3 Å². The van der Waals surface area contributed by atoms with Crippen molar-refractivity contribution < 1.29 is 9.53 Å². The van der Waals surface area contributed by atoms with Crippen LogP contribution in [0.4, 0.5) is 5.69 Å². The number of carbonyl (C=O) groups excluding carboxylic acids is 1. The number of carbonyl (C=O) groups is 1. The van der Waals surface area contributed by atoms with Gasteiger partial charge in [-0.1, -0.05) is 77.0 Å². The molecule has 1 aromatic carbocycles. The van der Waals surface area contributed by atoms with Crippen molar-refractivity contribution in [3.05, 3.63) is 29.8 Å². The second kappa shape index (κ2) is 17.8. The fourth-order valence-corrected chi connectivity index (χ4v) is 3.60. The van der Waals surface area contributed by atoms with Crippen LogP contribution in [0.25, 0.3) is 0 Å². The van der Waals surface area contributed by atoms with Crippen LogP contribution in [0.1, 0.15) is 100 Å². The van der Waals surface area contributed by atoms with E-state index in [-0.39, 0.29) is 5.97 Å². The summed E-state index contributed by atoms with van der Waals surface area (Å²) in [7, 11) is 1.40. The number of alkyl halides is 1. The topological polar surface area (TPSA) is 38.3 Å². The Morgan fingerprint density at radius 3 is 1.61 bits per heavy atom. The van der Waals surface area contributed by atoms with Crippen LogP contribution >= 0.6 is 11.6 Å². The molecule has 0 aromatic heterocycles. The Morgan fingerprint density at radius 2 is 1.18 bits per heavy atom. The number of unbranched alkanes of at least 4 members (excludes halogenated alkanes) is 13. The Bertz CT molecular complexity index is 490. The molecular formula is C24H40ClNO2. The summed E-state index contributed by atoms with van der Waals surface area (Å²) < 4.78 is 4.71. The Balaban J connectivity index is 1.84. The van der Waals surface area contributed by atoms with E-state index in [2.05, 4.69) is 5.32 Å². The molecule has 0 heterocycles. The van der Waals surface area contributed by atoms with Gasteiger partial charge in [-0.3, -0.25) is 0 Å². The highest BCUT2D eigenvalue weighted by Crippen LogP contribution is 2.14. The third-order valence-electron chi connectivity index (χ3n) is 5.20. The monoisotopic (exact) mass is 409 g/mol. The van der Waals surface area contributed by atoms with Crippen molar-refractivity contribution in [1.82, 2.24) is 0 Å². The number of methoxy groups -OCH3 is 1. The van der Waals surface area contributed by atoms with Crippen molar-refractivity contribution in [2.45, 2.75) is 89.9 Å². The zero-order valence-corrected chi connectivity index (χ0v) is 18.6. The first-order chi connectivity index (χ1) is 13.8. The Morgan fingerprint density at radius 1 is 0.750 bits per heavy atom. The SMILES string of the molecule is COC(=O)c1ccc(NCCCCCCCCCCCCCCCCCl)cc1. The van der Waals surface area contributed by atoms with Crippen LogP contribution in [0.5, 0.6) is 0 Å². The average Bonchev–Trinajstić information content (AvgIpc) is 2.73. The molecule has 0 bridgehead atoms.